The largest absolute Gasteiger partial charge is 0.396 e. The molecule has 0 saturated heterocycles. The fourth-order valence-corrected chi connectivity index (χ4v) is 2.13. The predicted molar refractivity (Wildman–Crippen MR) is 70.8 cm³/mol. The molecule has 0 aliphatic rings. The average molecular weight is 262 g/mol. The minimum atomic E-state index is -0.279. The number of halogens is 2. The molecule has 0 radical (unpaired) electrons. The monoisotopic (exact) mass is 262 g/mol. The van der Waals surface area contributed by atoms with E-state index in [2.05, 4.69) is 0 Å². The number of benzene rings is 2. The van der Waals surface area contributed by atoms with Gasteiger partial charge in [-0.2, -0.15) is 0 Å². The summed E-state index contributed by atoms with van der Waals surface area (Å²) in [7, 11) is 0. The molecule has 1 N–H and O–H groups in total. The van der Waals surface area contributed by atoms with Crippen LogP contribution in [-0.2, 0) is 12.8 Å². The number of aliphatic hydroxyl groups is 1. The van der Waals surface area contributed by atoms with E-state index in [1.54, 1.807) is 30.3 Å². The van der Waals surface area contributed by atoms with Crippen LogP contribution in [0.15, 0.2) is 48.5 Å². The Morgan fingerprint density at radius 3 is 2.21 bits per heavy atom. The zero-order chi connectivity index (χ0) is 13.7. The molecule has 0 aromatic heterocycles. The van der Waals surface area contributed by atoms with Crippen molar-refractivity contribution in [1.82, 2.24) is 0 Å². The highest BCUT2D eigenvalue weighted by atomic mass is 19.1. The van der Waals surface area contributed by atoms with Gasteiger partial charge in [0, 0.05) is 6.61 Å². The maximum absolute atomic E-state index is 13.5. The lowest BCUT2D eigenvalue weighted by atomic mass is 9.93. The minimum Gasteiger partial charge on any atom is -0.396 e. The number of rotatable bonds is 5. The molecule has 2 aromatic rings. The van der Waals surface area contributed by atoms with Gasteiger partial charge < -0.3 is 5.11 Å². The van der Waals surface area contributed by atoms with Crippen LogP contribution < -0.4 is 0 Å². The summed E-state index contributed by atoms with van der Waals surface area (Å²) >= 11 is 0. The van der Waals surface area contributed by atoms with E-state index in [0.717, 1.165) is 5.56 Å². The van der Waals surface area contributed by atoms with Crippen LogP contribution in [0.3, 0.4) is 0 Å². The highest BCUT2D eigenvalue weighted by molar-refractivity contribution is 5.20. The Morgan fingerprint density at radius 1 is 0.895 bits per heavy atom. The predicted octanol–water partition coefficient (Wildman–Crippen LogP) is 3.36. The third-order valence-electron chi connectivity index (χ3n) is 3.16. The SMILES string of the molecule is OCC(Cc1ccc(F)cc1)Cc1ccccc1F. The molecule has 1 unspecified atom stereocenters. The normalized spacial score (nSPS) is 12.4. The summed E-state index contributed by atoms with van der Waals surface area (Å²) in [5.41, 5.74) is 1.54. The van der Waals surface area contributed by atoms with Crippen molar-refractivity contribution >= 4 is 0 Å². The van der Waals surface area contributed by atoms with Gasteiger partial charge >= 0.3 is 0 Å². The van der Waals surface area contributed by atoms with Crippen molar-refractivity contribution in [2.24, 2.45) is 5.92 Å². The van der Waals surface area contributed by atoms with Crippen LogP contribution in [0.5, 0.6) is 0 Å². The van der Waals surface area contributed by atoms with Crippen LogP contribution in [0.2, 0.25) is 0 Å². The molecule has 0 heterocycles. The van der Waals surface area contributed by atoms with Gasteiger partial charge in [0.25, 0.3) is 0 Å². The van der Waals surface area contributed by atoms with Crippen molar-refractivity contribution in [3.63, 3.8) is 0 Å². The average Bonchev–Trinajstić information content (AvgIpc) is 2.43. The lowest BCUT2D eigenvalue weighted by Gasteiger charge is -2.14. The summed E-state index contributed by atoms with van der Waals surface area (Å²) in [5, 5.41) is 9.40. The van der Waals surface area contributed by atoms with Gasteiger partial charge in [-0.3, -0.25) is 0 Å². The van der Waals surface area contributed by atoms with Crippen molar-refractivity contribution in [2.75, 3.05) is 6.61 Å². The summed E-state index contributed by atoms with van der Waals surface area (Å²) in [6, 6.07) is 12.8. The number of hydrogen-bond donors (Lipinski definition) is 1. The van der Waals surface area contributed by atoms with E-state index in [4.69, 9.17) is 0 Å². The van der Waals surface area contributed by atoms with Crippen LogP contribution in [0.25, 0.3) is 0 Å². The number of aliphatic hydroxyl groups excluding tert-OH is 1. The molecular weight excluding hydrogens is 246 g/mol. The first-order chi connectivity index (χ1) is 9.19. The van der Waals surface area contributed by atoms with E-state index in [1.807, 2.05) is 0 Å². The van der Waals surface area contributed by atoms with Crippen LogP contribution in [0, 0.1) is 17.6 Å². The first-order valence-corrected chi connectivity index (χ1v) is 6.27. The van der Waals surface area contributed by atoms with E-state index in [9.17, 15) is 13.9 Å². The first-order valence-electron chi connectivity index (χ1n) is 6.27. The molecule has 0 saturated carbocycles. The van der Waals surface area contributed by atoms with Gasteiger partial charge in [-0.05, 0) is 48.1 Å². The van der Waals surface area contributed by atoms with Crippen molar-refractivity contribution in [1.29, 1.82) is 0 Å². The van der Waals surface area contributed by atoms with Crippen LogP contribution in [0.1, 0.15) is 11.1 Å². The minimum absolute atomic E-state index is 0.0221. The Kier molecular flexibility index (Phi) is 4.63. The zero-order valence-corrected chi connectivity index (χ0v) is 10.5. The molecule has 0 bridgehead atoms. The third-order valence-corrected chi connectivity index (χ3v) is 3.16. The van der Waals surface area contributed by atoms with Gasteiger partial charge in [-0.15, -0.1) is 0 Å². The van der Waals surface area contributed by atoms with E-state index in [0.29, 0.717) is 18.4 Å². The molecule has 2 aromatic carbocycles. The lowest BCUT2D eigenvalue weighted by molar-refractivity contribution is 0.224. The molecular formula is C16H16F2O. The second-order valence-electron chi connectivity index (χ2n) is 4.67. The summed E-state index contributed by atoms with van der Waals surface area (Å²) in [6.45, 7) is -0.0221. The molecule has 19 heavy (non-hydrogen) atoms. The van der Waals surface area contributed by atoms with E-state index < -0.39 is 0 Å². The Balaban J connectivity index is 2.05. The third kappa shape index (κ3) is 3.86. The first kappa shape index (κ1) is 13.7. The summed E-state index contributed by atoms with van der Waals surface area (Å²) in [5.74, 6) is -0.596. The maximum atomic E-state index is 13.5. The van der Waals surface area contributed by atoms with Crippen molar-refractivity contribution in [3.05, 3.63) is 71.3 Å². The molecule has 0 spiro atoms. The number of hydrogen-bond acceptors (Lipinski definition) is 1. The van der Waals surface area contributed by atoms with Gasteiger partial charge in [0.2, 0.25) is 0 Å². The Hall–Kier alpha value is -1.74. The second-order valence-corrected chi connectivity index (χ2v) is 4.67. The molecule has 3 heteroatoms. The fraction of sp³-hybridized carbons (Fsp3) is 0.250. The Labute approximate surface area is 111 Å². The van der Waals surface area contributed by atoms with Crippen LogP contribution in [-0.4, -0.2) is 11.7 Å². The highest BCUT2D eigenvalue weighted by Gasteiger charge is 2.12. The fourth-order valence-electron chi connectivity index (χ4n) is 2.13. The van der Waals surface area contributed by atoms with Gasteiger partial charge in [-0.1, -0.05) is 30.3 Å². The maximum Gasteiger partial charge on any atom is 0.126 e. The van der Waals surface area contributed by atoms with Gasteiger partial charge in [0.15, 0.2) is 0 Å². The molecule has 1 atom stereocenters. The van der Waals surface area contributed by atoms with Crippen molar-refractivity contribution < 1.29 is 13.9 Å². The Bertz CT molecular complexity index is 523. The highest BCUT2D eigenvalue weighted by Crippen LogP contribution is 2.17. The Morgan fingerprint density at radius 2 is 1.58 bits per heavy atom. The zero-order valence-electron chi connectivity index (χ0n) is 10.5. The van der Waals surface area contributed by atoms with E-state index >= 15 is 0 Å². The van der Waals surface area contributed by atoms with E-state index in [1.165, 1.54) is 18.2 Å². The van der Waals surface area contributed by atoms with Crippen LogP contribution in [0.4, 0.5) is 8.78 Å². The molecule has 0 aliphatic heterocycles. The smallest absolute Gasteiger partial charge is 0.126 e. The summed E-state index contributed by atoms with van der Waals surface area (Å²) in [6.07, 6.45) is 1.08. The van der Waals surface area contributed by atoms with Gasteiger partial charge in [-0.25, -0.2) is 8.78 Å². The molecule has 0 aliphatic carbocycles. The quantitative estimate of drug-likeness (QED) is 0.876. The molecule has 0 fully saturated rings. The van der Waals surface area contributed by atoms with Crippen molar-refractivity contribution in [2.45, 2.75) is 12.8 Å². The topological polar surface area (TPSA) is 20.2 Å². The van der Waals surface area contributed by atoms with Crippen molar-refractivity contribution in [3.8, 4) is 0 Å². The second kappa shape index (κ2) is 6.43. The molecule has 0 amide bonds. The molecule has 1 nitrogen and oxygen atoms in total. The summed E-state index contributed by atoms with van der Waals surface area (Å²) in [4.78, 5) is 0. The van der Waals surface area contributed by atoms with Crippen LogP contribution >= 0.6 is 0 Å². The van der Waals surface area contributed by atoms with Gasteiger partial charge in [0.05, 0.1) is 0 Å². The van der Waals surface area contributed by atoms with Gasteiger partial charge in [0.1, 0.15) is 11.6 Å². The molecule has 100 valence electrons. The van der Waals surface area contributed by atoms with E-state index in [-0.39, 0.29) is 24.2 Å². The summed E-state index contributed by atoms with van der Waals surface area (Å²) < 4.78 is 26.4. The lowest BCUT2D eigenvalue weighted by Crippen LogP contribution is -2.13. The molecule has 2 rings (SSSR count). The standard InChI is InChI=1S/C16H16F2O/c17-15-7-5-12(6-8-15)9-13(11-19)10-14-3-1-2-4-16(14)18/h1-8,13,19H,9-11H2.